The third-order valence-electron chi connectivity index (χ3n) is 4.63. The molecule has 10 heteroatoms. The van der Waals surface area contributed by atoms with E-state index in [-0.39, 0.29) is 18.9 Å². The highest BCUT2D eigenvalue weighted by atomic mass is 32.2. The Kier molecular flexibility index (Phi) is 4.80. The van der Waals surface area contributed by atoms with Gasteiger partial charge in [0, 0.05) is 31.9 Å². The van der Waals surface area contributed by atoms with Crippen molar-refractivity contribution in [3.05, 3.63) is 30.1 Å². The van der Waals surface area contributed by atoms with Gasteiger partial charge in [0.15, 0.2) is 0 Å². The molecule has 1 unspecified atom stereocenters. The zero-order valence-electron chi connectivity index (χ0n) is 14.5. The highest BCUT2D eigenvalue weighted by molar-refractivity contribution is 7.91. The van der Waals surface area contributed by atoms with E-state index in [0.717, 1.165) is 21.4 Å². The fourth-order valence-electron chi connectivity index (χ4n) is 3.07. The zero-order valence-corrected chi connectivity index (χ0v) is 15.3. The fourth-order valence-corrected chi connectivity index (χ4v) is 4.81. The van der Waals surface area contributed by atoms with Crippen LogP contribution in [-0.4, -0.2) is 85.9 Å². The van der Waals surface area contributed by atoms with Crippen LogP contribution in [0.2, 0.25) is 0 Å². The van der Waals surface area contributed by atoms with E-state index in [0.29, 0.717) is 13.1 Å². The lowest BCUT2D eigenvalue weighted by Crippen LogP contribution is -2.58. The van der Waals surface area contributed by atoms with Crippen LogP contribution in [0.15, 0.2) is 24.3 Å². The molecule has 3 rings (SSSR count). The first-order valence-electron chi connectivity index (χ1n) is 8.10. The predicted octanol–water partition coefficient (Wildman–Crippen LogP) is -0.0488. The van der Waals surface area contributed by atoms with Gasteiger partial charge in [-0.05, 0) is 24.3 Å². The lowest BCUT2D eigenvalue weighted by atomic mass is 10.2. The van der Waals surface area contributed by atoms with Gasteiger partial charge in [0.25, 0.3) is 0 Å². The van der Waals surface area contributed by atoms with Gasteiger partial charge in [0.1, 0.15) is 12.0 Å². The monoisotopic (exact) mass is 383 g/mol. The summed E-state index contributed by atoms with van der Waals surface area (Å²) in [4.78, 5) is 26.8. The van der Waals surface area contributed by atoms with Gasteiger partial charge in [-0.2, -0.15) is 14.0 Å². The van der Waals surface area contributed by atoms with Gasteiger partial charge in [-0.1, -0.05) is 0 Å². The van der Waals surface area contributed by atoms with Crippen LogP contribution in [0.25, 0.3) is 0 Å². The molecule has 1 atom stereocenters. The number of hydrogen-bond donors (Lipinski definition) is 0. The largest absolute Gasteiger partial charge is 0.500 e. The van der Waals surface area contributed by atoms with Crippen molar-refractivity contribution in [2.24, 2.45) is 0 Å². The second kappa shape index (κ2) is 6.76. The summed E-state index contributed by atoms with van der Waals surface area (Å²) in [5.74, 6) is -1.09. The third kappa shape index (κ3) is 3.21. The molecule has 1 aromatic carbocycles. The van der Waals surface area contributed by atoms with Gasteiger partial charge in [-0.3, -0.25) is 0 Å². The smallest absolute Gasteiger partial charge is 0.369 e. The SMILES string of the molecule is CN1C(=O)C(S(=O)(=O)N2CCN(c3ccc(F)cc3)CC2)C=[N+](C)C1=O. The normalized spacial score (nSPS) is 22.6. The summed E-state index contributed by atoms with van der Waals surface area (Å²) in [6.45, 7) is 1.27. The number of amides is 3. The van der Waals surface area contributed by atoms with Crippen LogP contribution < -0.4 is 4.90 Å². The van der Waals surface area contributed by atoms with Gasteiger partial charge in [0.2, 0.25) is 15.3 Å². The first kappa shape index (κ1) is 18.5. The van der Waals surface area contributed by atoms with Crippen molar-refractivity contribution in [2.75, 3.05) is 45.2 Å². The van der Waals surface area contributed by atoms with Gasteiger partial charge in [-0.25, -0.2) is 22.2 Å². The first-order chi connectivity index (χ1) is 12.2. The van der Waals surface area contributed by atoms with E-state index < -0.39 is 27.2 Å². The Bertz CT molecular complexity index is 861. The number of urea groups is 1. The van der Waals surface area contributed by atoms with Crippen LogP contribution >= 0.6 is 0 Å². The van der Waals surface area contributed by atoms with Crippen molar-refractivity contribution >= 4 is 33.9 Å². The molecule has 0 saturated carbocycles. The van der Waals surface area contributed by atoms with Gasteiger partial charge >= 0.3 is 11.9 Å². The number of carbonyl (C=O) groups is 2. The van der Waals surface area contributed by atoms with Crippen molar-refractivity contribution < 1.29 is 27.0 Å². The fraction of sp³-hybridized carbons (Fsp3) is 0.438. The van der Waals surface area contributed by atoms with Crippen LogP contribution in [0.1, 0.15) is 0 Å². The number of rotatable bonds is 3. The van der Waals surface area contributed by atoms with E-state index >= 15 is 0 Å². The number of hydrogen-bond acceptors (Lipinski definition) is 5. The topological polar surface area (TPSA) is 81.0 Å². The molecule has 1 saturated heterocycles. The molecule has 0 aliphatic carbocycles. The lowest BCUT2D eigenvalue weighted by molar-refractivity contribution is -0.399. The molecule has 1 aromatic rings. The number of nitrogens with zero attached hydrogens (tertiary/aromatic N) is 4. The maximum absolute atomic E-state index is 13.0. The highest BCUT2D eigenvalue weighted by Gasteiger charge is 2.48. The summed E-state index contributed by atoms with van der Waals surface area (Å²) < 4.78 is 41.2. The minimum absolute atomic E-state index is 0.207. The van der Waals surface area contributed by atoms with Crippen molar-refractivity contribution in [3.63, 3.8) is 0 Å². The number of imide groups is 1. The first-order valence-corrected chi connectivity index (χ1v) is 9.61. The molecule has 3 amide bonds. The molecule has 8 nitrogen and oxygen atoms in total. The Morgan fingerprint density at radius 2 is 1.65 bits per heavy atom. The molecule has 2 heterocycles. The van der Waals surface area contributed by atoms with Crippen LogP contribution in [0.5, 0.6) is 0 Å². The Morgan fingerprint density at radius 3 is 2.23 bits per heavy atom. The number of anilines is 1. The van der Waals surface area contributed by atoms with Crippen molar-refractivity contribution in [1.29, 1.82) is 0 Å². The number of piperazine rings is 1. The van der Waals surface area contributed by atoms with E-state index in [9.17, 15) is 22.4 Å². The second-order valence-electron chi connectivity index (χ2n) is 6.27. The summed E-state index contributed by atoms with van der Waals surface area (Å²) >= 11 is 0. The number of carbonyl (C=O) groups excluding carboxylic acids is 2. The average Bonchev–Trinajstić information content (AvgIpc) is 2.63. The van der Waals surface area contributed by atoms with Crippen LogP contribution in [0, 0.1) is 5.82 Å². The van der Waals surface area contributed by atoms with E-state index in [1.165, 1.54) is 30.5 Å². The Morgan fingerprint density at radius 1 is 1.08 bits per heavy atom. The van der Waals surface area contributed by atoms with E-state index in [4.69, 9.17) is 0 Å². The maximum atomic E-state index is 13.0. The van der Waals surface area contributed by atoms with Crippen molar-refractivity contribution in [3.8, 4) is 0 Å². The van der Waals surface area contributed by atoms with E-state index in [1.807, 2.05) is 4.90 Å². The summed E-state index contributed by atoms with van der Waals surface area (Å²) in [5, 5.41) is -1.41. The van der Waals surface area contributed by atoms with Gasteiger partial charge in [0.05, 0.1) is 14.1 Å². The lowest BCUT2D eigenvalue weighted by Gasteiger charge is -2.36. The molecule has 26 heavy (non-hydrogen) atoms. The Labute approximate surface area is 151 Å². The summed E-state index contributed by atoms with van der Waals surface area (Å²) in [6.07, 6.45) is 1.15. The number of sulfonamides is 1. The molecule has 1 fully saturated rings. The van der Waals surface area contributed by atoms with Crippen molar-refractivity contribution in [2.45, 2.75) is 5.25 Å². The number of halogens is 1. The summed E-state index contributed by atoms with van der Waals surface area (Å²) in [7, 11) is -1.25. The predicted molar refractivity (Wildman–Crippen MR) is 93.3 cm³/mol. The summed E-state index contributed by atoms with van der Waals surface area (Å²) in [5.41, 5.74) is 0.814. The summed E-state index contributed by atoms with van der Waals surface area (Å²) in [6, 6.07) is 5.44. The standard InChI is InChI=1S/C16H20FN4O4S/c1-18-11-14(15(22)19(2)16(18)23)26(24,25)21-9-7-20(8-10-21)13-5-3-12(17)4-6-13/h3-6,11,14H,7-10H2,1-2H3/q+1. The van der Waals surface area contributed by atoms with Gasteiger partial charge in [-0.15, -0.1) is 0 Å². The Balaban J connectivity index is 1.75. The molecule has 2 aliphatic rings. The number of benzene rings is 1. The minimum Gasteiger partial charge on any atom is -0.369 e. The zero-order chi connectivity index (χ0) is 19.1. The molecule has 140 valence electrons. The van der Waals surface area contributed by atoms with E-state index in [2.05, 4.69) is 0 Å². The third-order valence-corrected chi connectivity index (χ3v) is 6.68. The minimum atomic E-state index is -3.93. The van der Waals surface area contributed by atoms with Crippen LogP contribution in [0.3, 0.4) is 0 Å². The van der Waals surface area contributed by atoms with Crippen LogP contribution in [0.4, 0.5) is 14.9 Å². The molecule has 0 spiro atoms. The quantitative estimate of drug-likeness (QED) is 0.684. The van der Waals surface area contributed by atoms with Crippen molar-refractivity contribution in [1.82, 2.24) is 9.21 Å². The average molecular weight is 383 g/mol. The van der Waals surface area contributed by atoms with E-state index in [1.54, 1.807) is 12.1 Å². The molecule has 0 radical (unpaired) electrons. The molecular weight excluding hydrogens is 363 g/mol. The molecule has 0 N–H and O–H groups in total. The second-order valence-corrected chi connectivity index (χ2v) is 8.32. The van der Waals surface area contributed by atoms with Crippen LogP contribution in [-0.2, 0) is 14.8 Å². The molecular formula is C16H20FN4O4S+. The molecule has 2 aliphatic heterocycles. The molecule has 0 bridgehead atoms. The Hall–Kier alpha value is -2.33. The highest BCUT2D eigenvalue weighted by Crippen LogP contribution is 2.20. The molecule has 0 aromatic heterocycles. The van der Waals surface area contributed by atoms with Gasteiger partial charge < -0.3 is 4.90 Å². The maximum Gasteiger partial charge on any atom is 0.500 e.